The van der Waals surface area contributed by atoms with Crippen molar-refractivity contribution >= 4 is 5.91 Å². The van der Waals surface area contributed by atoms with Crippen LogP contribution in [0.4, 0.5) is 0 Å². The predicted molar refractivity (Wildman–Crippen MR) is 119 cm³/mol. The number of nitrogens with zero attached hydrogens (tertiary/aromatic N) is 2. The van der Waals surface area contributed by atoms with Crippen molar-refractivity contribution in [3.05, 3.63) is 12.2 Å². The van der Waals surface area contributed by atoms with E-state index in [4.69, 9.17) is 0 Å². The summed E-state index contributed by atoms with van der Waals surface area (Å²) in [6.07, 6.45) is 16.5. The molecule has 1 N–H and O–H groups in total. The van der Waals surface area contributed by atoms with E-state index in [0.29, 0.717) is 5.92 Å². The molecule has 0 aliphatic rings. The molecular formula is C23H47N3O. The zero-order chi connectivity index (χ0) is 20.3. The molecule has 0 heterocycles. The van der Waals surface area contributed by atoms with Crippen molar-refractivity contribution in [2.24, 2.45) is 5.92 Å². The fourth-order valence-corrected chi connectivity index (χ4v) is 3.14. The van der Waals surface area contributed by atoms with Gasteiger partial charge in [-0.3, -0.25) is 4.79 Å². The first-order chi connectivity index (χ1) is 13.0. The lowest BCUT2D eigenvalue weighted by Gasteiger charge is -2.17. The van der Waals surface area contributed by atoms with Crippen LogP contribution in [0.15, 0.2) is 12.2 Å². The Hall–Kier alpha value is -0.870. The third-order valence-electron chi connectivity index (χ3n) is 5.00. The van der Waals surface area contributed by atoms with Gasteiger partial charge in [0.1, 0.15) is 0 Å². The third kappa shape index (κ3) is 19.7. The Morgan fingerprint density at radius 1 is 0.889 bits per heavy atom. The summed E-state index contributed by atoms with van der Waals surface area (Å²) in [5.41, 5.74) is 0. The topological polar surface area (TPSA) is 35.6 Å². The number of rotatable bonds is 18. The molecule has 0 fully saturated rings. The van der Waals surface area contributed by atoms with Crippen LogP contribution in [-0.4, -0.2) is 63.0 Å². The second-order valence-electron chi connectivity index (χ2n) is 8.35. The van der Waals surface area contributed by atoms with Gasteiger partial charge in [-0.15, -0.1) is 0 Å². The molecule has 0 saturated carbocycles. The van der Waals surface area contributed by atoms with Crippen molar-refractivity contribution in [2.45, 2.75) is 78.1 Å². The summed E-state index contributed by atoms with van der Waals surface area (Å²) in [4.78, 5) is 16.5. The van der Waals surface area contributed by atoms with Crippen molar-refractivity contribution < 1.29 is 4.79 Å². The zero-order valence-corrected chi connectivity index (χ0v) is 18.9. The maximum atomic E-state index is 11.9. The first-order valence-corrected chi connectivity index (χ1v) is 11.2. The molecule has 1 atom stereocenters. The Bertz CT molecular complexity index is 369. The fourth-order valence-electron chi connectivity index (χ4n) is 3.14. The molecule has 27 heavy (non-hydrogen) atoms. The van der Waals surface area contributed by atoms with Gasteiger partial charge < -0.3 is 15.1 Å². The Morgan fingerprint density at radius 2 is 1.52 bits per heavy atom. The second-order valence-corrected chi connectivity index (χ2v) is 8.35. The average molecular weight is 382 g/mol. The number of carbonyl (C=O) groups excluding carboxylic acids is 1. The average Bonchev–Trinajstić information content (AvgIpc) is 2.63. The van der Waals surface area contributed by atoms with Gasteiger partial charge in [0, 0.05) is 6.54 Å². The number of allylic oxidation sites excluding steroid dienone is 1. The third-order valence-corrected chi connectivity index (χ3v) is 5.00. The van der Waals surface area contributed by atoms with Crippen LogP contribution >= 0.6 is 0 Å². The summed E-state index contributed by atoms with van der Waals surface area (Å²) in [6, 6.07) is 0. The van der Waals surface area contributed by atoms with Crippen molar-refractivity contribution in [1.82, 2.24) is 15.1 Å². The number of unbranched alkanes of at least 4 members (excludes halogenated alkanes) is 6. The van der Waals surface area contributed by atoms with Crippen LogP contribution in [0.3, 0.4) is 0 Å². The summed E-state index contributed by atoms with van der Waals surface area (Å²) in [7, 11) is 6.41. The maximum absolute atomic E-state index is 11.9. The van der Waals surface area contributed by atoms with Gasteiger partial charge in [-0.25, -0.2) is 0 Å². The Kier molecular flexibility index (Phi) is 17.9. The minimum atomic E-state index is 0.0541. The van der Waals surface area contributed by atoms with Crippen LogP contribution in [0.25, 0.3) is 0 Å². The van der Waals surface area contributed by atoms with E-state index >= 15 is 0 Å². The molecule has 4 heteroatoms. The number of carbonyl (C=O) groups is 1. The number of hydrogen-bond acceptors (Lipinski definition) is 3. The molecule has 0 aromatic rings. The Balaban J connectivity index is 3.59. The molecule has 0 spiro atoms. The standard InChI is InChI=1S/C23H47N3O/c1-6-7-8-9-10-11-15-22(2)16-17-23(27)24-18-14-21-26(5)20-13-12-19-25(3)4/h16-17,22H,6-15,18-21H2,1-5H3,(H,24,27). The van der Waals surface area contributed by atoms with Crippen molar-refractivity contribution in [3.8, 4) is 0 Å². The monoisotopic (exact) mass is 381 g/mol. The van der Waals surface area contributed by atoms with Crippen molar-refractivity contribution in [1.29, 1.82) is 0 Å². The maximum Gasteiger partial charge on any atom is 0.243 e. The quantitative estimate of drug-likeness (QED) is 0.276. The van der Waals surface area contributed by atoms with Crippen LogP contribution < -0.4 is 5.32 Å². The van der Waals surface area contributed by atoms with Crippen molar-refractivity contribution in [3.63, 3.8) is 0 Å². The summed E-state index contributed by atoms with van der Waals surface area (Å²) in [5.74, 6) is 0.550. The van der Waals surface area contributed by atoms with Gasteiger partial charge in [0.2, 0.25) is 5.91 Å². The number of nitrogens with one attached hydrogen (secondary N) is 1. The molecule has 4 nitrogen and oxygen atoms in total. The molecule has 160 valence electrons. The van der Waals surface area contributed by atoms with Gasteiger partial charge in [0.15, 0.2) is 0 Å². The van der Waals surface area contributed by atoms with Gasteiger partial charge in [-0.1, -0.05) is 58.4 Å². The SMILES string of the molecule is CCCCCCCCC(C)C=CC(=O)NCCCN(C)CCCCN(C)C. The number of hydrogen-bond donors (Lipinski definition) is 1. The van der Waals surface area contributed by atoms with Gasteiger partial charge in [0.25, 0.3) is 0 Å². The lowest BCUT2D eigenvalue weighted by atomic mass is 10.0. The lowest BCUT2D eigenvalue weighted by Crippen LogP contribution is -2.28. The smallest absolute Gasteiger partial charge is 0.243 e. The summed E-state index contributed by atoms with van der Waals surface area (Å²) >= 11 is 0. The summed E-state index contributed by atoms with van der Waals surface area (Å²) < 4.78 is 0. The van der Waals surface area contributed by atoms with Gasteiger partial charge >= 0.3 is 0 Å². The molecule has 0 bridgehead atoms. The highest BCUT2D eigenvalue weighted by atomic mass is 16.1. The first-order valence-electron chi connectivity index (χ1n) is 11.2. The fraction of sp³-hybridized carbons (Fsp3) is 0.870. The van der Waals surface area contributed by atoms with E-state index in [1.54, 1.807) is 6.08 Å². The normalized spacial score (nSPS) is 13.0. The second kappa shape index (κ2) is 18.5. The van der Waals surface area contributed by atoms with Crippen LogP contribution in [0, 0.1) is 5.92 Å². The van der Waals surface area contributed by atoms with Crippen LogP contribution in [0.5, 0.6) is 0 Å². The van der Waals surface area contributed by atoms with E-state index in [9.17, 15) is 4.79 Å². The largest absolute Gasteiger partial charge is 0.353 e. The number of amides is 1. The van der Waals surface area contributed by atoms with Crippen LogP contribution in [-0.2, 0) is 4.79 Å². The molecule has 0 aliphatic heterocycles. The molecule has 0 aromatic heterocycles. The van der Waals surface area contributed by atoms with E-state index < -0.39 is 0 Å². The Morgan fingerprint density at radius 3 is 2.22 bits per heavy atom. The first kappa shape index (κ1) is 26.1. The highest BCUT2D eigenvalue weighted by Gasteiger charge is 2.02. The highest BCUT2D eigenvalue weighted by Crippen LogP contribution is 2.12. The molecule has 1 unspecified atom stereocenters. The minimum absolute atomic E-state index is 0.0541. The molecule has 0 rings (SSSR count). The summed E-state index contributed by atoms with van der Waals surface area (Å²) in [5, 5.41) is 3.01. The van der Waals surface area contributed by atoms with E-state index in [0.717, 1.165) is 32.6 Å². The Labute approximate surface area is 169 Å². The lowest BCUT2D eigenvalue weighted by molar-refractivity contribution is -0.116. The van der Waals surface area contributed by atoms with E-state index in [-0.39, 0.29) is 5.91 Å². The van der Waals surface area contributed by atoms with Crippen LogP contribution in [0.1, 0.15) is 78.1 Å². The zero-order valence-electron chi connectivity index (χ0n) is 18.9. The predicted octanol–water partition coefficient (Wildman–Crippen LogP) is 4.71. The molecule has 0 aliphatic carbocycles. The molecule has 0 saturated heterocycles. The minimum Gasteiger partial charge on any atom is -0.353 e. The van der Waals surface area contributed by atoms with E-state index in [1.807, 2.05) is 0 Å². The molecule has 0 radical (unpaired) electrons. The van der Waals surface area contributed by atoms with Crippen LogP contribution in [0.2, 0.25) is 0 Å². The highest BCUT2D eigenvalue weighted by molar-refractivity contribution is 5.87. The van der Waals surface area contributed by atoms with Gasteiger partial charge in [0.05, 0.1) is 0 Å². The van der Waals surface area contributed by atoms with Crippen molar-refractivity contribution in [2.75, 3.05) is 47.3 Å². The van der Waals surface area contributed by atoms with Gasteiger partial charge in [-0.2, -0.15) is 0 Å². The molecule has 1 amide bonds. The van der Waals surface area contributed by atoms with Gasteiger partial charge in [-0.05, 0) is 78.5 Å². The van der Waals surface area contributed by atoms with E-state index in [1.165, 1.54) is 57.8 Å². The molecule has 0 aromatic carbocycles. The van der Waals surface area contributed by atoms with E-state index in [2.05, 4.69) is 56.2 Å². The molecular weight excluding hydrogens is 334 g/mol. The summed E-state index contributed by atoms with van der Waals surface area (Å²) in [6.45, 7) is 8.56.